The molecule has 0 aliphatic carbocycles. The largest absolute Gasteiger partial charge is 0.491 e. The lowest BCUT2D eigenvalue weighted by atomic mass is 10.0. The van der Waals surface area contributed by atoms with Crippen LogP contribution in [0.15, 0.2) is 24.3 Å². The van der Waals surface area contributed by atoms with Gasteiger partial charge >= 0.3 is 0 Å². The lowest BCUT2D eigenvalue weighted by Crippen LogP contribution is -2.14. The Morgan fingerprint density at radius 1 is 1.18 bits per heavy atom. The first kappa shape index (κ1) is 14.0. The minimum absolute atomic E-state index is 0.0391. The van der Waals surface area contributed by atoms with Crippen molar-refractivity contribution in [3.8, 4) is 5.75 Å². The molecule has 3 nitrogen and oxygen atoms in total. The van der Waals surface area contributed by atoms with Gasteiger partial charge in [0.1, 0.15) is 12.4 Å². The molecule has 0 saturated carbocycles. The molecular formula is C14H23NO2. The molecule has 96 valence electrons. The molecule has 3 heteroatoms. The van der Waals surface area contributed by atoms with Gasteiger partial charge in [0.2, 0.25) is 0 Å². The number of hydrogen-bond donors (Lipinski definition) is 1. The Labute approximate surface area is 104 Å². The van der Waals surface area contributed by atoms with Gasteiger partial charge in [-0.15, -0.1) is 0 Å². The van der Waals surface area contributed by atoms with Crippen molar-refractivity contribution in [2.24, 2.45) is 5.73 Å². The summed E-state index contributed by atoms with van der Waals surface area (Å²) in [4.78, 5) is 0. The highest BCUT2D eigenvalue weighted by Gasteiger charge is 2.09. The van der Waals surface area contributed by atoms with Crippen molar-refractivity contribution < 1.29 is 9.47 Å². The second-order valence-electron chi connectivity index (χ2n) is 4.32. The standard InChI is InChI=1S/C14H23NO2/c1-4-13(15)12-7-5-6-8-14(12)17-10-9-16-11(2)3/h5-8,11,13H,4,9-10,15H2,1-3H3/t13-/m1/s1. The van der Waals surface area contributed by atoms with Crippen molar-refractivity contribution in [1.82, 2.24) is 0 Å². The van der Waals surface area contributed by atoms with Gasteiger partial charge in [-0.05, 0) is 26.3 Å². The number of ether oxygens (including phenoxy) is 2. The van der Waals surface area contributed by atoms with E-state index in [4.69, 9.17) is 15.2 Å². The molecule has 17 heavy (non-hydrogen) atoms. The van der Waals surface area contributed by atoms with E-state index in [1.165, 1.54) is 0 Å². The summed E-state index contributed by atoms with van der Waals surface area (Å²) in [5, 5.41) is 0. The molecule has 2 N–H and O–H groups in total. The molecule has 0 aliphatic heterocycles. The summed E-state index contributed by atoms with van der Waals surface area (Å²) >= 11 is 0. The van der Waals surface area contributed by atoms with Gasteiger partial charge in [-0.25, -0.2) is 0 Å². The third kappa shape index (κ3) is 4.75. The zero-order valence-electron chi connectivity index (χ0n) is 11.0. The second-order valence-corrected chi connectivity index (χ2v) is 4.32. The summed E-state index contributed by atoms with van der Waals surface area (Å²) in [5.74, 6) is 0.870. The molecule has 0 amide bonds. The summed E-state index contributed by atoms with van der Waals surface area (Å²) in [5.41, 5.74) is 7.11. The Morgan fingerprint density at radius 2 is 1.88 bits per heavy atom. The van der Waals surface area contributed by atoms with E-state index in [2.05, 4.69) is 6.92 Å². The molecule has 0 radical (unpaired) electrons. The van der Waals surface area contributed by atoms with Crippen LogP contribution in [-0.2, 0) is 4.74 Å². The number of rotatable bonds is 7. The van der Waals surface area contributed by atoms with Crippen molar-refractivity contribution in [3.63, 3.8) is 0 Å². The SMILES string of the molecule is CC[C@@H](N)c1ccccc1OCCOC(C)C. The van der Waals surface area contributed by atoms with E-state index < -0.39 is 0 Å². The van der Waals surface area contributed by atoms with Crippen LogP contribution < -0.4 is 10.5 Å². The fourth-order valence-corrected chi connectivity index (χ4v) is 1.57. The Kier molecular flexibility index (Phi) is 6.01. The van der Waals surface area contributed by atoms with Gasteiger partial charge in [0.25, 0.3) is 0 Å². The highest BCUT2D eigenvalue weighted by Crippen LogP contribution is 2.25. The first-order valence-electron chi connectivity index (χ1n) is 6.24. The quantitative estimate of drug-likeness (QED) is 0.742. The Bertz CT molecular complexity index is 326. The monoisotopic (exact) mass is 237 g/mol. The van der Waals surface area contributed by atoms with Crippen LogP contribution in [0.1, 0.15) is 38.8 Å². The van der Waals surface area contributed by atoms with Crippen molar-refractivity contribution in [2.45, 2.75) is 39.3 Å². The molecule has 1 atom stereocenters. The summed E-state index contributed by atoms with van der Waals surface area (Å²) in [6, 6.07) is 7.97. The zero-order chi connectivity index (χ0) is 12.7. The van der Waals surface area contributed by atoms with Gasteiger partial charge in [-0.2, -0.15) is 0 Å². The average Bonchev–Trinajstić information content (AvgIpc) is 2.34. The average molecular weight is 237 g/mol. The Hall–Kier alpha value is -1.06. The van der Waals surface area contributed by atoms with Crippen LogP contribution in [0.4, 0.5) is 0 Å². The van der Waals surface area contributed by atoms with E-state index >= 15 is 0 Å². The van der Waals surface area contributed by atoms with Crippen LogP contribution >= 0.6 is 0 Å². The van der Waals surface area contributed by atoms with Gasteiger partial charge in [-0.1, -0.05) is 25.1 Å². The smallest absolute Gasteiger partial charge is 0.124 e. The highest BCUT2D eigenvalue weighted by atomic mass is 16.5. The van der Waals surface area contributed by atoms with Crippen molar-refractivity contribution in [1.29, 1.82) is 0 Å². The number of hydrogen-bond acceptors (Lipinski definition) is 3. The lowest BCUT2D eigenvalue weighted by Gasteiger charge is -2.16. The Morgan fingerprint density at radius 3 is 2.53 bits per heavy atom. The molecule has 0 bridgehead atoms. The van der Waals surface area contributed by atoms with Crippen LogP contribution in [-0.4, -0.2) is 19.3 Å². The zero-order valence-corrected chi connectivity index (χ0v) is 11.0. The molecule has 1 aromatic rings. The highest BCUT2D eigenvalue weighted by molar-refractivity contribution is 5.35. The third-order valence-corrected chi connectivity index (χ3v) is 2.55. The Balaban J connectivity index is 2.52. The van der Waals surface area contributed by atoms with Crippen LogP contribution in [0.25, 0.3) is 0 Å². The van der Waals surface area contributed by atoms with E-state index in [9.17, 15) is 0 Å². The number of para-hydroxylation sites is 1. The molecule has 0 saturated heterocycles. The number of nitrogens with two attached hydrogens (primary N) is 1. The maximum absolute atomic E-state index is 6.04. The van der Waals surface area contributed by atoms with Gasteiger partial charge in [-0.3, -0.25) is 0 Å². The molecule has 0 unspecified atom stereocenters. The predicted molar refractivity (Wildman–Crippen MR) is 70.2 cm³/mol. The topological polar surface area (TPSA) is 44.5 Å². The fraction of sp³-hybridized carbons (Fsp3) is 0.571. The normalized spacial score (nSPS) is 12.8. The second kappa shape index (κ2) is 7.30. The minimum atomic E-state index is 0.0391. The van der Waals surface area contributed by atoms with E-state index in [1.807, 2.05) is 38.1 Å². The third-order valence-electron chi connectivity index (χ3n) is 2.55. The summed E-state index contributed by atoms with van der Waals surface area (Å²) in [7, 11) is 0. The van der Waals surface area contributed by atoms with E-state index in [-0.39, 0.29) is 12.1 Å². The maximum atomic E-state index is 6.04. The first-order chi connectivity index (χ1) is 8.15. The summed E-state index contributed by atoms with van der Waals surface area (Å²) < 4.78 is 11.1. The van der Waals surface area contributed by atoms with E-state index in [0.29, 0.717) is 13.2 Å². The fourth-order valence-electron chi connectivity index (χ4n) is 1.57. The van der Waals surface area contributed by atoms with Crippen LogP contribution in [0.2, 0.25) is 0 Å². The van der Waals surface area contributed by atoms with Gasteiger partial charge in [0, 0.05) is 11.6 Å². The first-order valence-corrected chi connectivity index (χ1v) is 6.24. The minimum Gasteiger partial charge on any atom is -0.491 e. The van der Waals surface area contributed by atoms with Gasteiger partial charge < -0.3 is 15.2 Å². The molecule has 1 aromatic carbocycles. The maximum Gasteiger partial charge on any atom is 0.124 e. The molecule has 0 aliphatic rings. The summed E-state index contributed by atoms with van der Waals surface area (Å²) in [6.07, 6.45) is 1.15. The number of benzene rings is 1. The van der Waals surface area contributed by atoms with Crippen LogP contribution in [0.5, 0.6) is 5.75 Å². The molecular weight excluding hydrogens is 214 g/mol. The van der Waals surface area contributed by atoms with E-state index in [0.717, 1.165) is 17.7 Å². The van der Waals surface area contributed by atoms with E-state index in [1.54, 1.807) is 0 Å². The van der Waals surface area contributed by atoms with Crippen molar-refractivity contribution >= 4 is 0 Å². The molecule has 0 aromatic heterocycles. The van der Waals surface area contributed by atoms with Crippen molar-refractivity contribution in [3.05, 3.63) is 29.8 Å². The van der Waals surface area contributed by atoms with Gasteiger partial charge in [0.05, 0.1) is 12.7 Å². The van der Waals surface area contributed by atoms with Crippen molar-refractivity contribution in [2.75, 3.05) is 13.2 Å². The molecule has 0 heterocycles. The lowest BCUT2D eigenvalue weighted by molar-refractivity contribution is 0.0550. The van der Waals surface area contributed by atoms with Crippen LogP contribution in [0, 0.1) is 0 Å². The van der Waals surface area contributed by atoms with Gasteiger partial charge in [0.15, 0.2) is 0 Å². The molecule has 0 spiro atoms. The van der Waals surface area contributed by atoms with Crippen LogP contribution in [0.3, 0.4) is 0 Å². The molecule has 1 rings (SSSR count). The summed E-state index contributed by atoms with van der Waals surface area (Å²) in [6.45, 7) is 7.27. The predicted octanol–water partition coefficient (Wildman–Crippen LogP) is 2.90. The molecule has 0 fully saturated rings.